The monoisotopic (exact) mass is 239 g/mol. The van der Waals surface area contributed by atoms with Crippen LogP contribution in [0.1, 0.15) is 19.7 Å². The van der Waals surface area contributed by atoms with Gasteiger partial charge in [-0.2, -0.15) is 5.10 Å². The molecule has 0 atom stereocenters. The first-order chi connectivity index (χ1) is 7.55. The molecule has 0 unspecified atom stereocenters. The molecule has 2 rings (SSSR count). The molecule has 6 heteroatoms. The topological polar surface area (TPSA) is 55.1 Å². The van der Waals surface area contributed by atoms with Crippen molar-refractivity contribution in [3.63, 3.8) is 0 Å². The largest absolute Gasteiger partial charge is 0.358 e. The van der Waals surface area contributed by atoms with E-state index in [2.05, 4.69) is 34.2 Å². The number of rotatable bonds is 2. The molecule has 1 N–H and O–H groups in total. The molecule has 5 nitrogen and oxygen atoms in total. The first-order valence-corrected chi connectivity index (χ1v) is 6.29. The average molecular weight is 239 g/mol. The van der Waals surface area contributed by atoms with Gasteiger partial charge in [0.2, 0.25) is 0 Å². The van der Waals surface area contributed by atoms with E-state index in [1.54, 1.807) is 22.8 Å². The Hall–Kier alpha value is -1.04. The molecule has 0 spiro atoms. The number of nitrogens with one attached hydrogen (secondary N) is 1. The average Bonchev–Trinajstić information content (AvgIpc) is 2.63. The molecular weight excluding hydrogens is 222 g/mol. The summed E-state index contributed by atoms with van der Waals surface area (Å²) in [4.78, 5) is 8.66. The molecule has 0 saturated heterocycles. The molecule has 1 aliphatic rings. The smallest absolute Gasteiger partial charge is 0.169 e. The fourth-order valence-electron chi connectivity index (χ4n) is 1.37. The first-order valence-electron chi connectivity index (χ1n) is 5.31. The highest BCUT2D eigenvalue weighted by molar-refractivity contribution is 8.13. The number of thioether (sulfide) groups is 1. The Labute approximate surface area is 99.7 Å². The van der Waals surface area contributed by atoms with Gasteiger partial charge in [-0.05, 0) is 5.41 Å². The van der Waals surface area contributed by atoms with E-state index in [1.807, 2.05) is 7.05 Å². The van der Waals surface area contributed by atoms with E-state index in [0.717, 1.165) is 23.3 Å². The standard InChI is InChI=1S/C10H17N5S/c1-10(2)5-12-9(16-6-10)11-4-8-13-7-15(3)14-8/h7H,4-6H2,1-3H3,(H,11,12). The van der Waals surface area contributed by atoms with Gasteiger partial charge in [-0.25, -0.2) is 4.98 Å². The third-order valence-electron chi connectivity index (χ3n) is 2.30. The Kier molecular flexibility index (Phi) is 3.18. The van der Waals surface area contributed by atoms with E-state index < -0.39 is 0 Å². The van der Waals surface area contributed by atoms with Gasteiger partial charge in [0.05, 0.1) is 6.54 Å². The summed E-state index contributed by atoms with van der Waals surface area (Å²) in [5.41, 5.74) is 0.319. The Morgan fingerprint density at radius 2 is 2.38 bits per heavy atom. The minimum absolute atomic E-state index is 0.319. The van der Waals surface area contributed by atoms with Gasteiger partial charge in [0.15, 0.2) is 11.0 Å². The van der Waals surface area contributed by atoms with Gasteiger partial charge >= 0.3 is 0 Å². The molecule has 0 radical (unpaired) electrons. The van der Waals surface area contributed by atoms with E-state index >= 15 is 0 Å². The van der Waals surface area contributed by atoms with Crippen LogP contribution in [0, 0.1) is 5.41 Å². The van der Waals surface area contributed by atoms with Crippen LogP contribution < -0.4 is 5.32 Å². The first kappa shape index (κ1) is 11.4. The maximum absolute atomic E-state index is 4.51. The Bertz CT molecular complexity index is 396. The van der Waals surface area contributed by atoms with E-state index in [1.165, 1.54) is 0 Å². The molecular formula is C10H17N5S. The molecule has 0 amide bonds. The number of amidine groups is 1. The number of aromatic nitrogens is 3. The lowest BCUT2D eigenvalue weighted by atomic mass is 9.97. The zero-order valence-electron chi connectivity index (χ0n) is 9.90. The van der Waals surface area contributed by atoms with Crippen LogP contribution in [0.2, 0.25) is 0 Å². The highest BCUT2D eigenvalue weighted by atomic mass is 32.2. The minimum atomic E-state index is 0.319. The van der Waals surface area contributed by atoms with Crippen molar-refractivity contribution in [2.24, 2.45) is 17.5 Å². The number of nitrogens with zero attached hydrogens (tertiary/aromatic N) is 4. The van der Waals surface area contributed by atoms with Gasteiger partial charge in [-0.15, -0.1) is 0 Å². The highest BCUT2D eigenvalue weighted by Gasteiger charge is 2.23. The molecule has 1 aromatic rings. The van der Waals surface area contributed by atoms with Crippen molar-refractivity contribution in [2.45, 2.75) is 20.4 Å². The van der Waals surface area contributed by atoms with Gasteiger partial charge in [0.25, 0.3) is 0 Å². The Morgan fingerprint density at radius 3 is 2.94 bits per heavy atom. The van der Waals surface area contributed by atoms with Crippen molar-refractivity contribution in [1.29, 1.82) is 0 Å². The van der Waals surface area contributed by atoms with Crippen molar-refractivity contribution in [1.82, 2.24) is 20.1 Å². The van der Waals surface area contributed by atoms with E-state index in [9.17, 15) is 0 Å². The van der Waals surface area contributed by atoms with E-state index in [-0.39, 0.29) is 0 Å². The summed E-state index contributed by atoms with van der Waals surface area (Å²) in [5, 5.41) is 8.47. The van der Waals surface area contributed by atoms with Gasteiger partial charge in [0, 0.05) is 19.3 Å². The number of aliphatic imine (C=N–C) groups is 1. The predicted octanol–water partition coefficient (Wildman–Crippen LogP) is 1.03. The van der Waals surface area contributed by atoms with Gasteiger partial charge in [-0.3, -0.25) is 9.67 Å². The zero-order valence-corrected chi connectivity index (χ0v) is 10.7. The Morgan fingerprint density at radius 1 is 1.56 bits per heavy atom. The summed E-state index contributed by atoms with van der Waals surface area (Å²) in [6.07, 6.45) is 1.70. The SMILES string of the molecule is Cn1cnc(CNC2=NCC(C)(C)CS2)n1. The summed E-state index contributed by atoms with van der Waals surface area (Å²) in [6.45, 7) is 6.01. The van der Waals surface area contributed by atoms with Crippen molar-refractivity contribution in [3.05, 3.63) is 12.2 Å². The summed E-state index contributed by atoms with van der Waals surface area (Å²) >= 11 is 1.77. The van der Waals surface area contributed by atoms with Crippen LogP contribution in [0.3, 0.4) is 0 Å². The van der Waals surface area contributed by atoms with Crippen LogP contribution in [0.4, 0.5) is 0 Å². The third kappa shape index (κ3) is 2.98. The van der Waals surface area contributed by atoms with Crippen LogP contribution in [0.15, 0.2) is 11.3 Å². The lowest BCUT2D eigenvalue weighted by Crippen LogP contribution is -2.31. The molecule has 1 aromatic heterocycles. The molecule has 0 aliphatic carbocycles. The highest BCUT2D eigenvalue weighted by Crippen LogP contribution is 2.26. The molecule has 16 heavy (non-hydrogen) atoms. The second-order valence-corrected chi connectivity index (χ2v) is 5.73. The maximum atomic E-state index is 4.51. The second kappa shape index (κ2) is 4.45. The van der Waals surface area contributed by atoms with Crippen LogP contribution in [-0.2, 0) is 13.6 Å². The molecule has 1 aliphatic heterocycles. The molecule has 0 aromatic carbocycles. The fraction of sp³-hybridized carbons (Fsp3) is 0.700. The fourth-order valence-corrected chi connectivity index (χ4v) is 2.32. The summed E-state index contributed by atoms with van der Waals surface area (Å²) < 4.78 is 1.70. The van der Waals surface area contributed by atoms with Crippen LogP contribution >= 0.6 is 11.8 Å². The molecule has 2 heterocycles. The van der Waals surface area contributed by atoms with Gasteiger partial charge < -0.3 is 5.32 Å². The predicted molar refractivity (Wildman–Crippen MR) is 66.4 cm³/mol. The summed E-state index contributed by atoms with van der Waals surface area (Å²) in [7, 11) is 1.87. The lowest BCUT2D eigenvalue weighted by molar-refractivity contribution is 0.436. The lowest BCUT2D eigenvalue weighted by Gasteiger charge is -2.27. The number of aryl methyl sites for hydroxylation is 1. The van der Waals surface area contributed by atoms with Crippen molar-refractivity contribution in [2.75, 3.05) is 12.3 Å². The molecule has 88 valence electrons. The van der Waals surface area contributed by atoms with Gasteiger partial charge in [0.1, 0.15) is 6.33 Å². The van der Waals surface area contributed by atoms with Crippen LogP contribution in [0.25, 0.3) is 0 Å². The third-order valence-corrected chi connectivity index (χ3v) is 3.77. The van der Waals surface area contributed by atoms with Crippen molar-refractivity contribution >= 4 is 16.9 Å². The number of hydrogen-bond donors (Lipinski definition) is 1. The Balaban J connectivity index is 1.85. The summed E-state index contributed by atoms with van der Waals surface area (Å²) in [5.74, 6) is 1.91. The summed E-state index contributed by atoms with van der Waals surface area (Å²) in [6, 6.07) is 0. The quantitative estimate of drug-likeness (QED) is 0.837. The van der Waals surface area contributed by atoms with Crippen molar-refractivity contribution in [3.8, 4) is 0 Å². The second-order valence-electron chi connectivity index (χ2n) is 4.76. The molecule has 0 fully saturated rings. The minimum Gasteiger partial charge on any atom is -0.358 e. The van der Waals surface area contributed by atoms with E-state index in [0.29, 0.717) is 12.0 Å². The van der Waals surface area contributed by atoms with Crippen LogP contribution in [0.5, 0.6) is 0 Å². The molecule has 0 bridgehead atoms. The van der Waals surface area contributed by atoms with Crippen molar-refractivity contribution < 1.29 is 0 Å². The number of hydrogen-bond acceptors (Lipinski definition) is 5. The normalized spacial score (nSPS) is 19.3. The molecule has 0 saturated carbocycles. The van der Waals surface area contributed by atoms with Gasteiger partial charge in [-0.1, -0.05) is 25.6 Å². The van der Waals surface area contributed by atoms with Crippen LogP contribution in [-0.4, -0.2) is 32.2 Å². The van der Waals surface area contributed by atoms with E-state index in [4.69, 9.17) is 0 Å². The maximum Gasteiger partial charge on any atom is 0.169 e. The zero-order chi connectivity index (χ0) is 11.6.